The minimum absolute atomic E-state index is 1.04. The van der Waals surface area contributed by atoms with Gasteiger partial charge >= 0.3 is 0 Å². The molecule has 0 bridgehead atoms. The fraction of sp³-hybridized carbons (Fsp3) is 0.733. The standard InChI is InChI=1S/C15H28N2/c1-6-11-14-12(7-2)13(8-3)15(9-4)17(10-5)16-14/h16H,6-11H2,1-5H3. The van der Waals surface area contributed by atoms with E-state index in [0.29, 0.717) is 0 Å². The van der Waals surface area contributed by atoms with Gasteiger partial charge in [-0.25, -0.2) is 0 Å². The van der Waals surface area contributed by atoms with Gasteiger partial charge in [-0.05, 0) is 43.8 Å². The Labute approximate surface area is 107 Å². The van der Waals surface area contributed by atoms with Gasteiger partial charge in [0.25, 0.3) is 0 Å². The molecular formula is C15H28N2. The predicted molar refractivity (Wildman–Crippen MR) is 75.3 cm³/mol. The summed E-state index contributed by atoms with van der Waals surface area (Å²) in [5.41, 5.74) is 9.72. The van der Waals surface area contributed by atoms with Crippen LogP contribution in [0.25, 0.3) is 0 Å². The molecule has 0 spiro atoms. The summed E-state index contributed by atoms with van der Waals surface area (Å²) in [6.07, 6.45) is 5.79. The van der Waals surface area contributed by atoms with Crippen molar-refractivity contribution >= 4 is 0 Å². The largest absolute Gasteiger partial charge is 0.303 e. The van der Waals surface area contributed by atoms with Crippen LogP contribution in [-0.2, 0) is 0 Å². The highest BCUT2D eigenvalue weighted by atomic mass is 15.5. The molecule has 0 aromatic carbocycles. The molecule has 0 saturated heterocycles. The van der Waals surface area contributed by atoms with Gasteiger partial charge in [-0.3, -0.25) is 5.01 Å². The molecule has 1 aliphatic heterocycles. The van der Waals surface area contributed by atoms with Crippen LogP contribution in [0.2, 0.25) is 0 Å². The lowest BCUT2D eigenvalue weighted by Gasteiger charge is -2.37. The Morgan fingerprint density at radius 2 is 1.53 bits per heavy atom. The maximum Gasteiger partial charge on any atom is 0.0378 e. The molecule has 0 unspecified atom stereocenters. The van der Waals surface area contributed by atoms with E-state index in [1.165, 1.54) is 24.2 Å². The summed E-state index contributed by atoms with van der Waals surface area (Å²) in [5, 5.41) is 2.34. The van der Waals surface area contributed by atoms with Crippen molar-refractivity contribution in [1.82, 2.24) is 10.4 Å². The molecule has 0 aromatic rings. The molecule has 2 heteroatoms. The summed E-state index contributed by atoms with van der Waals surface area (Å²) in [4.78, 5) is 0. The van der Waals surface area contributed by atoms with Crippen molar-refractivity contribution in [2.45, 2.75) is 66.7 Å². The Bertz CT molecular complexity index is 313. The summed E-state index contributed by atoms with van der Waals surface area (Å²) in [5.74, 6) is 0. The number of allylic oxidation sites excluding steroid dienone is 4. The topological polar surface area (TPSA) is 15.3 Å². The third-order valence-electron chi connectivity index (χ3n) is 3.53. The van der Waals surface area contributed by atoms with Gasteiger partial charge < -0.3 is 5.43 Å². The van der Waals surface area contributed by atoms with E-state index in [1.807, 2.05) is 0 Å². The predicted octanol–water partition coefficient (Wildman–Crippen LogP) is 4.36. The first-order chi connectivity index (χ1) is 8.23. The van der Waals surface area contributed by atoms with Gasteiger partial charge in [0.2, 0.25) is 0 Å². The Morgan fingerprint density at radius 1 is 0.882 bits per heavy atom. The molecule has 0 aliphatic carbocycles. The van der Waals surface area contributed by atoms with Gasteiger partial charge in [-0.1, -0.05) is 34.1 Å². The van der Waals surface area contributed by atoms with Crippen LogP contribution < -0.4 is 5.43 Å². The second kappa shape index (κ2) is 6.73. The van der Waals surface area contributed by atoms with Crippen molar-refractivity contribution in [2.24, 2.45) is 0 Å². The molecule has 0 aromatic heterocycles. The van der Waals surface area contributed by atoms with E-state index >= 15 is 0 Å². The Hall–Kier alpha value is -0.920. The van der Waals surface area contributed by atoms with E-state index in [9.17, 15) is 0 Å². The zero-order valence-corrected chi connectivity index (χ0v) is 12.2. The molecule has 1 aliphatic rings. The molecule has 1 rings (SSSR count). The van der Waals surface area contributed by atoms with Gasteiger partial charge in [0.15, 0.2) is 0 Å². The molecule has 17 heavy (non-hydrogen) atoms. The number of hydrogen-bond donors (Lipinski definition) is 1. The first kappa shape index (κ1) is 14.1. The summed E-state index contributed by atoms with van der Waals surface area (Å²) >= 11 is 0. The Balaban J connectivity index is 3.18. The average molecular weight is 236 g/mol. The van der Waals surface area contributed by atoms with Gasteiger partial charge in [-0.15, -0.1) is 0 Å². The summed E-state index contributed by atoms with van der Waals surface area (Å²) < 4.78 is 0. The molecule has 2 nitrogen and oxygen atoms in total. The van der Waals surface area contributed by atoms with E-state index in [-0.39, 0.29) is 0 Å². The van der Waals surface area contributed by atoms with Crippen molar-refractivity contribution in [3.8, 4) is 0 Å². The van der Waals surface area contributed by atoms with Gasteiger partial charge in [0, 0.05) is 17.9 Å². The minimum Gasteiger partial charge on any atom is -0.303 e. The molecular weight excluding hydrogens is 208 g/mol. The van der Waals surface area contributed by atoms with Gasteiger partial charge in [0.1, 0.15) is 0 Å². The third kappa shape index (κ3) is 2.85. The number of nitrogens with one attached hydrogen (secondary N) is 1. The van der Waals surface area contributed by atoms with E-state index in [0.717, 1.165) is 25.8 Å². The van der Waals surface area contributed by atoms with Crippen LogP contribution in [0.5, 0.6) is 0 Å². The Kier molecular flexibility index (Phi) is 5.60. The molecule has 0 atom stereocenters. The van der Waals surface area contributed by atoms with Crippen molar-refractivity contribution < 1.29 is 0 Å². The van der Waals surface area contributed by atoms with Crippen LogP contribution in [0, 0.1) is 0 Å². The molecule has 0 radical (unpaired) electrons. The van der Waals surface area contributed by atoms with Crippen molar-refractivity contribution in [3.63, 3.8) is 0 Å². The van der Waals surface area contributed by atoms with Gasteiger partial charge in [0.05, 0.1) is 0 Å². The zero-order valence-electron chi connectivity index (χ0n) is 12.2. The fourth-order valence-electron chi connectivity index (χ4n) is 2.79. The first-order valence-electron chi connectivity index (χ1n) is 7.21. The van der Waals surface area contributed by atoms with Crippen molar-refractivity contribution in [1.29, 1.82) is 0 Å². The molecule has 0 saturated carbocycles. The number of hydrazine groups is 1. The van der Waals surface area contributed by atoms with Crippen LogP contribution in [-0.4, -0.2) is 11.6 Å². The SMILES string of the molecule is CCCC1=C(CC)C(CC)=C(CC)N(CC)N1. The highest BCUT2D eigenvalue weighted by Crippen LogP contribution is 2.32. The maximum atomic E-state index is 3.63. The van der Waals surface area contributed by atoms with E-state index in [1.54, 1.807) is 11.1 Å². The van der Waals surface area contributed by atoms with Crippen LogP contribution in [0.3, 0.4) is 0 Å². The van der Waals surface area contributed by atoms with E-state index in [2.05, 4.69) is 45.1 Å². The average Bonchev–Trinajstić information content (AvgIpc) is 2.37. The molecule has 0 fully saturated rings. The summed E-state index contributed by atoms with van der Waals surface area (Å²) in [6.45, 7) is 12.3. The summed E-state index contributed by atoms with van der Waals surface area (Å²) in [6, 6.07) is 0. The second-order valence-corrected chi connectivity index (χ2v) is 4.55. The highest BCUT2D eigenvalue weighted by Gasteiger charge is 2.22. The first-order valence-corrected chi connectivity index (χ1v) is 7.21. The smallest absolute Gasteiger partial charge is 0.0378 e. The van der Waals surface area contributed by atoms with Crippen LogP contribution in [0.15, 0.2) is 22.5 Å². The minimum atomic E-state index is 1.04. The quantitative estimate of drug-likeness (QED) is 0.737. The van der Waals surface area contributed by atoms with Crippen molar-refractivity contribution in [3.05, 3.63) is 22.5 Å². The molecule has 0 amide bonds. The van der Waals surface area contributed by atoms with Crippen molar-refractivity contribution in [2.75, 3.05) is 6.54 Å². The Morgan fingerprint density at radius 3 is 1.94 bits per heavy atom. The molecule has 1 heterocycles. The second-order valence-electron chi connectivity index (χ2n) is 4.55. The highest BCUT2D eigenvalue weighted by molar-refractivity contribution is 5.40. The normalized spacial score (nSPS) is 16.6. The van der Waals surface area contributed by atoms with Crippen LogP contribution in [0.1, 0.15) is 66.7 Å². The lowest BCUT2D eigenvalue weighted by molar-refractivity contribution is 0.263. The monoisotopic (exact) mass is 236 g/mol. The lowest BCUT2D eigenvalue weighted by Crippen LogP contribution is -2.40. The number of hydrogen-bond acceptors (Lipinski definition) is 2. The molecule has 1 N–H and O–H groups in total. The third-order valence-corrected chi connectivity index (χ3v) is 3.53. The summed E-state index contributed by atoms with van der Waals surface area (Å²) in [7, 11) is 0. The number of rotatable bonds is 6. The number of nitrogens with zero attached hydrogens (tertiary/aromatic N) is 1. The van der Waals surface area contributed by atoms with Crippen LogP contribution in [0.4, 0.5) is 0 Å². The van der Waals surface area contributed by atoms with Gasteiger partial charge in [-0.2, -0.15) is 0 Å². The van der Waals surface area contributed by atoms with E-state index in [4.69, 9.17) is 0 Å². The van der Waals surface area contributed by atoms with Crippen LogP contribution >= 0.6 is 0 Å². The fourth-order valence-corrected chi connectivity index (χ4v) is 2.79. The zero-order chi connectivity index (χ0) is 12.8. The lowest BCUT2D eigenvalue weighted by atomic mass is 9.92. The molecule has 98 valence electrons. The van der Waals surface area contributed by atoms with E-state index < -0.39 is 0 Å². The maximum absolute atomic E-state index is 3.63.